The number of para-hydroxylation sites is 1. The molecule has 128 valence electrons. The van der Waals surface area contributed by atoms with E-state index in [0.29, 0.717) is 21.6 Å². The van der Waals surface area contributed by atoms with E-state index < -0.39 is 5.97 Å². The largest absolute Gasteiger partial charge is 0.507 e. The number of fused-ring (bicyclic) bond motifs is 3. The van der Waals surface area contributed by atoms with Crippen LogP contribution >= 0.6 is 11.3 Å². The van der Waals surface area contributed by atoms with Crippen molar-refractivity contribution < 1.29 is 14.6 Å². The maximum atomic E-state index is 12.4. The predicted octanol–water partition coefficient (Wildman–Crippen LogP) is 2.84. The lowest BCUT2D eigenvalue weighted by atomic mass is 10.1. The Balaban J connectivity index is 1.58. The van der Waals surface area contributed by atoms with E-state index in [1.807, 2.05) is 0 Å². The average Bonchev–Trinajstić information content (AvgIpc) is 3.15. The molecule has 1 aromatic carbocycles. The number of nitrogens with zero attached hydrogens (tertiary/aromatic N) is 1. The van der Waals surface area contributed by atoms with Crippen LogP contribution in [0.15, 0.2) is 23.0 Å². The number of ether oxygens (including phenoxy) is 1. The number of aromatic nitrogens is 2. The Labute approximate surface area is 147 Å². The number of benzene rings is 1. The molecule has 2 heterocycles. The number of carbonyl (C=O) groups is 1. The maximum absolute atomic E-state index is 12.4. The van der Waals surface area contributed by atoms with Gasteiger partial charge in [0.15, 0.2) is 0 Å². The number of rotatable bonds is 3. The van der Waals surface area contributed by atoms with Gasteiger partial charge in [-0.1, -0.05) is 12.1 Å². The van der Waals surface area contributed by atoms with Crippen molar-refractivity contribution in [3.05, 3.63) is 55.9 Å². The molecule has 0 fully saturated rings. The van der Waals surface area contributed by atoms with E-state index in [1.54, 1.807) is 19.1 Å². The highest BCUT2D eigenvalue weighted by Crippen LogP contribution is 2.34. The van der Waals surface area contributed by atoms with Crippen LogP contribution in [0, 0.1) is 6.92 Å². The Kier molecular flexibility index (Phi) is 3.80. The number of aromatic hydroxyl groups is 1. The molecule has 25 heavy (non-hydrogen) atoms. The Morgan fingerprint density at radius 1 is 1.40 bits per heavy atom. The number of carbonyl (C=O) groups excluding carboxylic acids is 1. The second kappa shape index (κ2) is 6.00. The van der Waals surface area contributed by atoms with Crippen molar-refractivity contribution in [3.63, 3.8) is 0 Å². The van der Waals surface area contributed by atoms with Gasteiger partial charge in [0.1, 0.15) is 28.6 Å². The first-order chi connectivity index (χ1) is 12.0. The van der Waals surface area contributed by atoms with Gasteiger partial charge >= 0.3 is 5.97 Å². The van der Waals surface area contributed by atoms with Crippen LogP contribution in [0.25, 0.3) is 10.2 Å². The van der Waals surface area contributed by atoms with Gasteiger partial charge in [-0.3, -0.25) is 4.79 Å². The van der Waals surface area contributed by atoms with Crippen LogP contribution in [-0.4, -0.2) is 21.0 Å². The number of H-pyrrole nitrogens is 1. The Bertz CT molecular complexity index is 1050. The van der Waals surface area contributed by atoms with Crippen LogP contribution in [-0.2, 0) is 24.2 Å². The molecule has 3 aromatic rings. The molecule has 0 amide bonds. The molecule has 0 unspecified atom stereocenters. The van der Waals surface area contributed by atoms with E-state index in [-0.39, 0.29) is 23.5 Å². The van der Waals surface area contributed by atoms with Crippen LogP contribution in [0.5, 0.6) is 5.75 Å². The Morgan fingerprint density at radius 3 is 3.08 bits per heavy atom. The minimum atomic E-state index is -0.655. The maximum Gasteiger partial charge on any atom is 0.342 e. The minimum absolute atomic E-state index is 0.0959. The standard InChI is InChI=1S/C18H16N2O4S/c1-9-4-2-6-11(15(9)21)18(23)24-8-13-19-16(22)14-10-5-3-7-12(10)25-17(14)20-13/h2,4,6,21H,3,5,7-8H2,1H3,(H,19,20,22). The summed E-state index contributed by atoms with van der Waals surface area (Å²) in [5.41, 5.74) is 1.62. The summed E-state index contributed by atoms with van der Waals surface area (Å²) in [6.07, 6.45) is 2.99. The van der Waals surface area contributed by atoms with Crippen molar-refractivity contribution in [1.82, 2.24) is 9.97 Å². The highest BCUT2D eigenvalue weighted by Gasteiger charge is 2.21. The molecule has 7 heteroatoms. The molecular formula is C18H16N2O4S. The summed E-state index contributed by atoms with van der Waals surface area (Å²) in [6.45, 7) is 1.55. The molecule has 0 saturated heterocycles. The molecular weight excluding hydrogens is 340 g/mol. The smallest absolute Gasteiger partial charge is 0.342 e. The first kappa shape index (κ1) is 15.8. The van der Waals surface area contributed by atoms with Gasteiger partial charge < -0.3 is 14.8 Å². The van der Waals surface area contributed by atoms with E-state index in [0.717, 1.165) is 24.8 Å². The van der Waals surface area contributed by atoms with Gasteiger partial charge in [-0.15, -0.1) is 11.3 Å². The second-order valence-corrected chi connectivity index (χ2v) is 7.18. The summed E-state index contributed by atoms with van der Waals surface area (Å²) >= 11 is 1.54. The molecule has 0 saturated carbocycles. The predicted molar refractivity (Wildman–Crippen MR) is 94.2 cm³/mol. The van der Waals surface area contributed by atoms with Crippen molar-refractivity contribution in [2.75, 3.05) is 0 Å². The van der Waals surface area contributed by atoms with Gasteiger partial charge in [0.25, 0.3) is 5.56 Å². The van der Waals surface area contributed by atoms with Crippen LogP contribution in [0.4, 0.5) is 0 Å². The normalized spacial score (nSPS) is 13.2. The van der Waals surface area contributed by atoms with Gasteiger partial charge in [-0.2, -0.15) is 0 Å². The molecule has 0 aliphatic heterocycles. The first-order valence-electron chi connectivity index (χ1n) is 8.03. The number of esters is 1. The van der Waals surface area contributed by atoms with Gasteiger partial charge in [0.2, 0.25) is 0 Å². The summed E-state index contributed by atoms with van der Waals surface area (Å²) in [4.78, 5) is 33.6. The van der Waals surface area contributed by atoms with E-state index in [9.17, 15) is 14.7 Å². The zero-order chi connectivity index (χ0) is 17.6. The number of phenolic OH excluding ortho intramolecular Hbond substituents is 1. The highest BCUT2D eigenvalue weighted by atomic mass is 32.1. The van der Waals surface area contributed by atoms with E-state index >= 15 is 0 Å². The monoisotopic (exact) mass is 356 g/mol. The number of nitrogens with one attached hydrogen (secondary N) is 1. The molecule has 2 N–H and O–H groups in total. The van der Waals surface area contributed by atoms with Crippen molar-refractivity contribution in [3.8, 4) is 5.75 Å². The van der Waals surface area contributed by atoms with Gasteiger partial charge in [0, 0.05) is 4.88 Å². The van der Waals surface area contributed by atoms with Crippen LogP contribution in [0.3, 0.4) is 0 Å². The van der Waals surface area contributed by atoms with Crippen LogP contribution < -0.4 is 5.56 Å². The molecule has 4 rings (SSSR count). The number of hydrogen-bond acceptors (Lipinski definition) is 6. The minimum Gasteiger partial charge on any atom is -0.507 e. The van der Waals surface area contributed by atoms with Crippen molar-refractivity contribution in [1.29, 1.82) is 0 Å². The van der Waals surface area contributed by atoms with Crippen LogP contribution in [0.1, 0.15) is 38.6 Å². The third-order valence-electron chi connectivity index (χ3n) is 4.42. The summed E-state index contributed by atoms with van der Waals surface area (Å²) in [5.74, 6) is -0.449. The lowest BCUT2D eigenvalue weighted by Gasteiger charge is -2.07. The number of phenols is 1. The number of hydrogen-bond donors (Lipinski definition) is 2. The summed E-state index contributed by atoms with van der Waals surface area (Å²) in [6, 6.07) is 4.87. The molecule has 0 atom stereocenters. The Hall–Kier alpha value is -2.67. The zero-order valence-corrected chi connectivity index (χ0v) is 14.4. The fraction of sp³-hybridized carbons (Fsp3) is 0.278. The lowest BCUT2D eigenvalue weighted by molar-refractivity contribution is 0.0459. The summed E-state index contributed by atoms with van der Waals surface area (Å²) < 4.78 is 5.20. The molecule has 6 nitrogen and oxygen atoms in total. The van der Waals surface area contributed by atoms with Gasteiger partial charge in [0.05, 0.1) is 5.39 Å². The summed E-state index contributed by atoms with van der Waals surface area (Å²) in [7, 11) is 0. The molecule has 1 aliphatic rings. The lowest BCUT2D eigenvalue weighted by Crippen LogP contribution is -2.14. The van der Waals surface area contributed by atoms with Crippen molar-refractivity contribution in [2.24, 2.45) is 0 Å². The number of aryl methyl sites for hydroxylation is 3. The zero-order valence-electron chi connectivity index (χ0n) is 13.6. The van der Waals surface area contributed by atoms with E-state index in [1.165, 1.54) is 22.3 Å². The summed E-state index contributed by atoms with van der Waals surface area (Å²) in [5, 5.41) is 10.6. The first-order valence-corrected chi connectivity index (χ1v) is 8.85. The highest BCUT2D eigenvalue weighted by molar-refractivity contribution is 7.18. The molecule has 0 bridgehead atoms. The van der Waals surface area contributed by atoms with Gasteiger partial charge in [-0.05, 0) is 43.4 Å². The van der Waals surface area contributed by atoms with Crippen molar-refractivity contribution >= 4 is 27.5 Å². The SMILES string of the molecule is Cc1cccc(C(=O)OCc2nc3sc4c(c3c(=O)[nH]2)CCC4)c1O. The molecule has 0 radical (unpaired) electrons. The second-order valence-electron chi connectivity index (χ2n) is 6.10. The third-order valence-corrected chi connectivity index (χ3v) is 5.61. The quantitative estimate of drug-likeness (QED) is 0.704. The molecule has 0 spiro atoms. The van der Waals surface area contributed by atoms with E-state index in [2.05, 4.69) is 9.97 Å². The number of thiophene rings is 1. The molecule has 2 aromatic heterocycles. The number of aromatic amines is 1. The van der Waals surface area contributed by atoms with E-state index in [4.69, 9.17) is 4.74 Å². The van der Waals surface area contributed by atoms with Crippen LogP contribution in [0.2, 0.25) is 0 Å². The Morgan fingerprint density at radius 2 is 2.24 bits per heavy atom. The topological polar surface area (TPSA) is 92.3 Å². The fourth-order valence-corrected chi connectivity index (χ4v) is 4.43. The third kappa shape index (κ3) is 2.70. The molecule has 1 aliphatic carbocycles. The average molecular weight is 356 g/mol. The van der Waals surface area contributed by atoms with Crippen molar-refractivity contribution in [2.45, 2.75) is 32.8 Å². The fourth-order valence-electron chi connectivity index (χ4n) is 3.15. The van der Waals surface area contributed by atoms with Gasteiger partial charge in [-0.25, -0.2) is 9.78 Å².